The average Bonchev–Trinajstić information content (AvgIpc) is 3.04. The van der Waals surface area contributed by atoms with Crippen LogP contribution in [0.15, 0.2) is 36.7 Å². The molecule has 1 aliphatic carbocycles. The van der Waals surface area contributed by atoms with E-state index in [-0.39, 0.29) is 6.09 Å². The second-order valence-electron chi connectivity index (χ2n) is 7.39. The molecule has 4 rings (SSSR count). The quantitative estimate of drug-likeness (QED) is 0.641. The van der Waals surface area contributed by atoms with Gasteiger partial charge in [-0.05, 0) is 49.8 Å². The third kappa shape index (κ3) is 3.92. The fourth-order valence-electron chi connectivity index (χ4n) is 3.82. The molecule has 0 radical (unpaired) electrons. The number of anilines is 2. The molecule has 2 aromatic heterocycles. The van der Waals surface area contributed by atoms with Crippen molar-refractivity contribution < 1.29 is 19.6 Å². The van der Waals surface area contributed by atoms with Crippen molar-refractivity contribution in [2.45, 2.75) is 31.3 Å². The summed E-state index contributed by atoms with van der Waals surface area (Å²) in [6.07, 6.45) is 6.18. The molecule has 2 aliphatic rings. The van der Waals surface area contributed by atoms with Crippen LogP contribution in [0, 0.1) is 5.92 Å². The van der Waals surface area contributed by atoms with Crippen molar-refractivity contribution in [1.82, 2.24) is 15.2 Å². The predicted octanol–water partition coefficient (Wildman–Crippen LogP) is 0.549. The monoisotopic (exact) mass is 383 g/mol. The Kier molecular flexibility index (Phi) is 5.14. The summed E-state index contributed by atoms with van der Waals surface area (Å²) in [6, 6.07) is 6.88. The molecule has 0 unspecified atom stereocenters. The van der Waals surface area contributed by atoms with Gasteiger partial charge in [0.25, 0.3) is 0 Å². The Morgan fingerprint density at radius 1 is 1.29 bits per heavy atom. The number of ether oxygens (including phenoxy) is 1. The molecule has 2 aromatic rings. The summed E-state index contributed by atoms with van der Waals surface area (Å²) >= 11 is 0. The number of hydrogen-bond donors (Lipinski definition) is 3. The van der Waals surface area contributed by atoms with Gasteiger partial charge in [-0.2, -0.15) is 5.10 Å². The topological polar surface area (TPSA) is 121 Å². The van der Waals surface area contributed by atoms with E-state index in [1.165, 1.54) is 6.20 Å². The van der Waals surface area contributed by atoms with E-state index in [4.69, 9.17) is 14.8 Å². The normalized spacial score (nSPS) is 24.3. The number of nitrogens with zero attached hydrogens (tertiary/aromatic N) is 4. The number of carbonyl (C=O) groups excluding carboxylic acids is 1. The highest BCUT2D eigenvalue weighted by Crippen LogP contribution is 2.40. The number of amides is 1. The lowest BCUT2D eigenvalue weighted by Gasteiger charge is -2.35. The highest BCUT2D eigenvalue weighted by molar-refractivity contribution is 6.58. The Morgan fingerprint density at radius 3 is 2.75 bits per heavy atom. The van der Waals surface area contributed by atoms with Crippen LogP contribution in [0.3, 0.4) is 0 Å². The summed E-state index contributed by atoms with van der Waals surface area (Å²) in [5, 5.41) is 29.4. The molecule has 3 heterocycles. The van der Waals surface area contributed by atoms with Crippen LogP contribution in [0.1, 0.15) is 25.7 Å². The minimum atomic E-state index is -1.51. The van der Waals surface area contributed by atoms with Gasteiger partial charge in [-0.15, -0.1) is 5.10 Å². The summed E-state index contributed by atoms with van der Waals surface area (Å²) in [4.78, 5) is 18.0. The van der Waals surface area contributed by atoms with Crippen molar-refractivity contribution in [3.05, 3.63) is 36.7 Å². The van der Waals surface area contributed by atoms with Gasteiger partial charge in [0.1, 0.15) is 11.4 Å². The molecule has 2 fully saturated rings. The maximum Gasteiger partial charge on any atom is 0.490 e. The third-order valence-electron chi connectivity index (χ3n) is 5.48. The molecular weight excluding hydrogens is 361 g/mol. The van der Waals surface area contributed by atoms with Crippen LogP contribution in [0.2, 0.25) is 0 Å². The van der Waals surface area contributed by atoms with Gasteiger partial charge in [0, 0.05) is 24.4 Å². The van der Waals surface area contributed by atoms with E-state index >= 15 is 0 Å². The smallest absolute Gasteiger partial charge is 0.441 e. The van der Waals surface area contributed by atoms with Crippen LogP contribution < -0.4 is 15.7 Å². The van der Waals surface area contributed by atoms with Crippen LogP contribution in [0.4, 0.5) is 16.4 Å². The van der Waals surface area contributed by atoms with Gasteiger partial charge < -0.3 is 20.1 Å². The molecule has 1 saturated heterocycles. The summed E-state index contributed by atoms with van der Waals surface area (Å²) in [5.74, 6) is 1.68. The molecule has 1 spiro atoms. The third-order valence-corrected chi connectivity index (χ3v) is 5.48. The fourth-order valence-corrected chi connectivity index (χ4v) is 3.82. The summed E-state index contributed by atoms with van der Waals surface area (Å²) < 4.78 is 5.74. The van der Waals surface area contributed by atoms with E-state index in [2.05, 4.69) is 20.5 Å². The Labute approximate surface area is 162 Å². The highest BCUT2D eigenvalue weighted by Gasteiger charge is 2.48. The van der Waals surface area contributed by atoms with Crippen molar-refractivity contribution in [2.75, 3.05) is 23.3 Å². The molecule has 0 bridgehead atoms. The van der Waals surface area contributed by atoms with Gasteiger partial charge in [0.2, 0.25) is 0 Å². The van der Waals surface area contributed by atoms with Crippen LogP contribution in [0.25, 0.3) is 0 Å². The van der Waals surface area contributed by atoms with Crippen molar-refractivity contribution in [3.63, 3.8) is 0 Å². The molecule has 146 valence electrons. The lowest BCUT2D eigenvalue weighted by atomic mass is 9.78. The first-order chi connectivity index (χ1) is 13.5. The minimum Gasteiger partial charge on any atom is -0.441 e. The second kappa shape index (κ2) is 7.73. The first-order valence-electron chi connectivity index (χ1n) is 9.39. The standard InChI is InChI=1S/C18H22BN5O4/c25-17-24(16-2-1-9-22-23-16)12-18(28-17)7-5-13(6-8-18)10-20-15-4-3-14(11-21-15)19(26)27/h1-4,9,11,13,26-27H,5-8,10,12H2,(H,20,21)/t13-,18-. The Hall–Kier alpha value is -2.72. The first-order valence-corrected chi connectivity index (χ1v) is 9.39. The highest BCUT2D eigenvalue weighted by atomic mass is 16.6. The van der Waals surface area contributed by atoms with Crippen molar-refractivity contribution >= 4 is 30.3 Å². The number of aromatic nitrogens is 3. The lowest BCUT2D eigenvalue weighted by Crippen LogP contribution is -2.39. The molecule has 28 heavy (non-hydrogen) atoms. The van der Waals surface area contributed by atoms with Crippen molar-refractivity contribution in [3.8, 4) is 0 Å². The van der Waals surface area contributed by atoms with Crippen LogP contribution in [0.5, 0.6) is 0 Å². The molecule has 0 atom stereocenters. The second-order valence-corrected chi connectivity index (χ2v) is 7.39. The summed E-state index contributed by atoms with van der Waals surface area (Å²) in [5.41, 5.74) is -0.0803. The maximum atomic E-state index is 12.3. The van der Waals surface area contributed by atoms with Crippen LogP contribution >= 0.6 is 0 Å². The number of nitrogens with one attached hydrogen (secondary N) is 1. The van der Waals surface area contributed by atoms with Crippen molar-refractivity contribution in [1.29, 1.82) is 0 Å². The van der Waals surface area contributed by atoms with Gasteiger partial charge in [-0.1, -0.05) is 6.07 Å². The lowest BCUT2D eigenvalue weighted by molar-refractivity contribution is 0.0148. The van der Waals surface area contributed by atoms with E-state index in [0.29, 0.717) is 29.6 Å². The zero-order valence-electron chi connectivity index (χ0n) is 15.4. The van der Waals surface area contributed by atoms with Gasteiger partial charge in [0.15, 0.2) is 5.82 Å². The van der Waals surface area contributed by atoms with E-state index in [1.54, 1.807) is 35.4 Å². The number of hydrogen-bond acceptors (Lipinski definition) is 8. The van der Waals surface area contributed by atoms with Crippen molar-refractivity contribution in [2.24, 2.45) is 5.92 Å². The van der Waals surface area contributed by atoms with Gasteiger partial charge in [-0.25, -0.2) is 9.78 Å². The Bertz CT molecular complexity index is 812. The molecule has 1 aliphatic heterocycles. The van der Waals surface area contributed by atoms with E-state index in [9.17, 15) is 4.79 Å². The largest absolute Gasteiger partial charge is 0.490 e. The molecule has 0 aromatic carbocycles. The molecule has 1 saturated carbocycles. The molecule has 3 N–H and O–H groups in total. The number of carbonyl (C=O) groups is 1. The Balaban J connectivity index is 1.29. The molecular formula is C18H22BN5O4. The maximum absolute atomic E-state index is 12.3. The number of rotatable bonds is 5. The minimum absolute atomic E-state index is 0.354. The SMILES string of the molecule is O=C1O[C@]2(CC[C@H](CNc3ccc(B(O)O)cn3)CC2)CN1c1cccnn1. The zero-order chi connectivity index (χ0) is 19.6. The van der Waals surface area contributed by atoms with Crippen LogP contribution in [-0.4, -0.2) is 57.1 Å². The van der Waals surface area contributed by atoms with E-state index < -0.39 is 12.7 Å². The first kappa shape index (κ1) is 18.6. The summed E-state index contributed by atoms with van der Waals surface area (Å²) in [7, 11) is -1.51. The zero-order valence-corrected chi connectivity index (χ0v) is 15.4. The predicted molar refractivity (Wildman–Crippen MR) is 103 cm³/mol. The van der Waals surface area contributed by atoms with E-state index in [1.807, 2.05) is 0 Å². The van der Waals surface area contributed by atoms with Crippen LogP contribution in [-0.2, 0) is 4.74 Å². The Morgan fingerprint density at radius 2 is 2.11 bits per heavy atom. The summed E-state index contributed by atoms with van der Waals surface area (Å²) in [6.45, 7) is 1.28. The molecule has 1 amide bonds. The van der Waals surface area contributed by atoms with E-state index in [0.717, 1.165) is 32.2 Å². The molecule has 9 nitrogen and oxygen atoms in total. The van der Waals surface area contributed by atoms with Gasteiger partial charge in [0.05, 0.1) is 6.54 Å². The average molecular weight is 383 g/mol. The van der Waals surface area contributed by atoms with Gasteiger partial charge >= 0.3 is 13.2 Å². The number of pyridine rings is 1. The fraction of sp³-hybridized carbons (Fsp3) is 0.444. The van der Waals surface area contributed by atoms with Gasteiger partial charge in [-0.3, -0.25) is 4.90 Å². The molecule has 10 heteroatoms.